The Balaban J connectivity index is 2.65. The zero-order valence-corrected chi connectivity index (χ0v) is 9.05. The van der Waals surface area contributed by atoms with E-state index in [1.54, 1.807) is 27.7 Å². The van der Waals surface area contributed by atoms with Gasteiger partial charge in [0.2, 0.25) is 5.60 Å². The second-order valence-corrected chi connectivity index (χ2v) is 4.50. The highest BCUT2D eigenvalue weighted by atomic mass is 16.7. The van der Waals surface area contributed by atoms with E-state index in [0.29, 0.717) is 0 Å². The van der Waals surface area contributed by atoms with E-state index in [4.69, 9.17) is 14.2 Å². The zero-order chi connectivity index (χ0) is 11.0. The fourth-order valence-corrected chi connectivity index (χ4v) is 1.02. The van der Waals surface area contributed by atoms with Crippen LogP contribution in [0.2, 0.25) is 0 Å². The number of carbonyl (C=O) groups is 1. The maximum Gasteiger partial charge on any atom is 0.354 e. The number of carbonyl (C=O) groups excluding carboxylic acids is 1. The number of esters is 1. The van der Waals surface area contributed by atoms with Gasteiger partial charge in [0.25, 0.3) is 5.95 Å². The maximum atomic E-state index is 11.7. The minimum absolute atomic E-state index is 0.154. The van der Waals surface area contributed by atoms with E-state index >= 15 is 0 Å². The first-order valence-electron chi connectivity index (χ1n) is 4.47. The average Bonchev–Trinajstić information content (AvgIpc) is 2.29. The summed E-state index contributed by atoms with van der Waals surface area (Å²) in [5, 5.41) is 0. The average molecular weight is 200 g/mol. The summed E-state index contributed by atoms with van der Waals surface area (Å²) in [7, 11) is 0. The van der Waals surface area contributed by atoms with Crippen LogP contribution >= 0.6 is 0 Å². The molecule has 0 amide bonds. The Morgan fingerprint density at radius 2 is 2.14 bits per heavy atom. The highest BCUT2D eigenvalue weighted by Crippen LogP contribution is 2.27. The SMILES string of the molecule is C=C1OCC(C)(C(=O)OC(C)(C)C)O1. The highest BCUT2D eigenvalue weighted by molar-refractivity contribution is 5.80. The van der Waals surface area contributed by atoms with Crippen molar-refractivity contribution in [2.75, 3.05) is 6.61 Å². The van der Waals surface area contributed by atoms with Gasteiger partial charge in [-0.15, -0.1) is 0 Å². The fraction of sp³-hybridized carbons (Fsp3) is 0.700. The first-order chi connectivity index (χ1) is 6.23. The fourth-order valence-electron chi connectivity index (χ4n) is 1.02. The third-order valence-corrected chi connectivity index (χ3v) is 1.68. The molecule has 1 saturated heterocycles. The monoisotopic (exact) mass is 200 g/mol. The van der Waals surface area contributed by atoms with Crippen molar-refractivity contribution in [3.05, 3.63) is 12.5 Å². The summed E-state index contributed by atoms with van der Waals surface area (Å²) < 4.78 is 15.3. The predicted molar refractivity (Wildman–Crippen MR) is 50.4 cm³/mol. The lowest BCUT2D eigenvalue weighted by atomic mass is 10.1. The summed E-state index contributed by atoms with van der Waals surface area (Å²) in [6.07, 6.45) is 0. The lowest BCUT2D eigenvalue weighted by Gasteiger charge is -2.25. The van der Waals surface area contributed by atoms with Crippen LogP contribution in [-0.4, -0.2) is 23.8 Å². The molecule has 1 fully saturated rings. The summed E-state index contributed by atoms with van der Waals surface area (Å²) in [4.78, 5) is 11.7. The second-order valence-electron chi connectivity index (χ2n) is 4.50. The topological polar surface area (TPSA) is 44.8 Å². The van der Waals surface area contributed by atoms with Crippen LogP contribution in [0, 0.1) is 0 Å². The summed E-state index contributed by atoms with van der Waals surface area (Å²) in [6, 6.07) is 0. The highest BCUT2D eigenvalue weighted by Gasteiger charge is 2.45. The summed E-state index contributed by atoms with van der Waals surface area (Å²) in [6.45, 7) is 10.7. The number of rotatable bonds is 1. The van der Waals surface area contributed by atoms with E-state index in [1.807, 2.05) is 0 Å². The first kappa shape index (κ1) is 10.9. The number of hydrogen-bond donors (Lipinski definition) is 0. The van der Waals surface area contributed by atoms with E-state index in [0.717, 1.165) is 0 Å². The normalized spacial score (nSPS) is 26.7. The lowest BCUT2D eigenvalue weighted by molar-refractivity contribution is -0.173. The summed E-state index contributed by atoms with van der Waals surface area (Å²) in [5.74, 6) is -0.262. The second kappa shape index (κ2) is 3.19. The van der Waals surface area contributed by atoms with Crippen molar-refractivity contribution in [2.45, 2.75) is 38.9 Å². The molecule has 0 aromatic rings. The molecule has 1 rings (SSSR count). The lowest BCUT2D eigenvalue weighted by Crippen LogP contribution is -2.42. The van der Waals surface area contributed by atoms with E-state index in [1.165, 1.54) is 0 Å². The van der Waals surface area contributed by atoms with Crippen molar-refractivity contribution in [3.8, 4) is 0 Å². The van der Waals surface area contributed by atoms with Gasteiger partial charge in [0.15, 0.2) is 0 Å². The Kier molecular flexibility index (Phi) is 2.48. The Bertz CT molecular complexity index is 264. The van der Waals surface area contributed by atoms with Gasteiger partial charge < -0.3 is 14.2 Å². The van der Waals surface area contributed by atoms with Crippen molar-refractivity contribution in [1.29, 1.82) is 0 Å². The third kappa shape index (κ3) is 2.40. The van der Waals surface area contributed by atoms with E-state index < -0.39 is 17.2 Å². The van der Waals surface area contributed by atoms with Gasteiger partial charge in [0.05, 0.1) is 0 Å². The van der Waals surface area contributed by atoms with Crippen LogP contribution in [0.4, 0.5) is 0 Å². The van der Waals surface area contributed by atoms with Gasteiger partial charge in [0, 0.05) is 0 Å². The quantitative estimate of drug-likeness (QED) is 0.603. The minimum atomic E-state index is -1.05. The van der Waals surface area contributed by atoms with Gasteiger partial charge >= 0.3 is 5.97 Å². The molecule has 0 saturated carbocycles. The van der Waals surface area contributed by atoms with Crippen LogP contribution in [0.15, 0.2) is 12.5 Å². The van der Waals surface area contributed by atoms with E-state index in [-0.39, 0.29) is 12.6 Å². The Morgan fingerprint density at radius 3 is 2.50 bits per heavy atom. The third-order valence-electron chi connectivity index (χ3n) is 1.68. The number of hydrogen-bond acceptors (Lipinski definition) is 4. The van der Waals surface area contributed by atoms with Crippen molar-refractivity contribution in [3.63, 3.8) is 0 Å². The first-order valence-corrected chi connectivity index (χ1v) is 4.47. The molecule has 0 N–H and O–H groups in total. The van der Waals surface area contributed by atoms with Crippen LogP contribution in [0.1, 0.15) is 27.7 Å². The molecule has 1 unspecified atom stereocenters. The number of ether oxygens (including phenoxy) is 3. The molecular weight excluding hydrogens is 184 g/mol. The van der Waals surface area contributed by atoms with Crippen molar-refractivity contribution >= 4 is 5.97 Å². The van der Waals surface area contributed by atoms with Crippen LogP contribution in [0.25, 0.3) is 0 Å². The molecule has 0 bridgehead atoms. The molecule has 1 aliphatic rings. The maximum absolute atomic E-state index is 11.7. The molecule has 0 radical (unpaired) electrons. The van der Waals surface area contributed by atoms with Gasteiger partial charge in [-0.05, 0) is 34.3 Å². The molecule has 4 heteroatoms. The van der Waals surface area contributed by atoms with Crippen LogP contribution in [0.5, 0.6) is 0 Å². The van der Waals surface area contributed by atoms with Crippen molar-refractivity contribution < 1.29 is 19.0 Å². The molecule has 0 aromatic heterocycles. The molecule has 14 heavy (non-hydrogen) atoms. The van der Waals surface area contributed by atoms with Crippen molar-refractivity contribution in [1.82, 2.24) is 0 Å². The predicted octanol–water partition coefficient (Wildman–Crippen LogP) is 1.60. The summed E-state index contributed by atoms with van der Waals surface area (Å²) in [5.41, 5.74) is -1.57. The minimum Gasteiger partial charge on any atom is -0.461 e. The van der Waals surface area contributed by atoms with Gasteiger partial charge in [-0.2, -0.15) is 0 Å². The van der Waals surface area contributed by atoms with Gasteiger partial charge in [-0.25, -0.2) is 4.79 Å². The van der Waals surface area contributed by atoms with Crippen LogP contribution < -0.4 is 0 Å². The Labute approximate surface area is 83.8 Å². The summed E-state index contributed by atoms with van der Waals surface area (Å²) >= 11 is 0. The van der Waals surface area contributed by atoms with Crippen LogP contribution in [0.3, 0.4) is 0 Å². The largest absolute Gasteiger partial charge is 0.461 e. The van der Waals surface area contributed by atoms with Gasteiger partial charge in [-0.1, -0.05) is 0 Å². The molecule has 80 valence electrons. The van der Waals surface area contributed by atoms with Gasteiger partial charge in [-0.3, -0.25) is 0 Å². The standard InChI is InChI=1S/C10H16O4/c1-7-12-6-10(5,13-7)8(11)14-9(2,3)4/h1,6H2,2-5H3. The van der Waals surface area contributed by atoms with Gasteiger partial charge in [0.1, 0.15) is 12.2 Å². The Morgan fingerprint density at radius 1 is 1.57 bits per heavy atom. The van der Waals surface area contributed by atoms with Crippen LogP contribution in [-0.2, 0) is 19.0 Å². The molecule has 1 heterocycles. The molecule has 0 aliphatic carbocycles. The van der Waals surface area contributed by atoms with E-state index in [9.17, 15) is 4.79 Å². The molecule has 4 nitrogen and oxygen atoms in total. The van der Waals surface area contributed by atoms with Crippen molar-refractivity contribution in [2.24, 2.45) is 0 Å². The molecule has 1 aliphatic heterocycles. The molecule has 1 atom stereocenters. The molecular formula is C10H16O4. The molecule has 0 spiro atoms. The zero-order valence-electron chi connectivity index (χ0n) is 9.05. The Hall–Kier alpha value is -1.19. The van der Waals surface area contributed by atoms with E-state index in [2.05, 4.69) is 6.58 Å². The smallest absolute Gasteiger partial charge is 0.354 e. The molecule has 0 aromatic carbocycles.